The van der Waals surface area contributed by atoms with Gasteiger partial charge in [0.05, 0.1) is 21.6 Å². The summed E-state index contributed by atoms with van der Waals surface area (Å²) in [6.45, 7) is 0. The van der Waals surface area contributed by atoms with Crippen molar-refractivity contribution in [3.8, 4) is 6.07 Å². The van der Waals surface area contributed by atoms with Crippen LogP contribution in [0, 0.1) is 17.7 Å². The van der Waals surface area contributed by atoms with Crippen LogP contribution in [-0.4, -0.2) is 9.97 Å². The Labute approximate surface area is 73.6 Å². The van der Waals surface area contributed by atoms with Gasteiger partial charge in [-0.15, -0.1) is 0 Å². The van der Waals surface area contributed by atoms with Crippen molar-refractivity contribution in [2.45, 2.75) is 0 Å². The minimum absolute atomic E-state index is 0.433. The van der Waals surface area contributed by atoms with Crippen LogP contribution in [0.25, 0.3) is 11.0 Å². The third-order valence-corrected chi connectivity index (χ3v) is 1.89. The van der Waals surface area contributed by atoms with Crippen molar-refractivity contribution in [2.24, 2.45) is 0 Å². The number of rotatable bonds is 0. The van der Waals surface area contributed by atoms with Crippen LogP contribution in [0.2, 0.25) is 5.02 Å². The van der Waals surface area contributed by atoms with Gasteiger partial charge in [0, 0.05) is 0 Å². The highest BCUT2D eigenvalue weighted by molar-refractivity contribution is 6.32. The summed E-state index contributed by atoms with van der Waals surface area (Å²) in [5, 5.41) is 9.07. The zero-order valence-electron chi connectivity index (χ0n) is 5.93. The maximum absolute atomic E-state index is 8.63. The van der Waals surface area contributed by atoms with Crippen LogP contribution in [-0.2, 0) is 0 Å². The number of imidazole rings is 1. The molecule has 0 saturated heterocycles. The van der Waals surface area contributed by atoms with E-state index < -0.39 is 0 Å². The molecule has 0 spiro atoms. The van der Waals surface area contributed by atoms with E-state index in [1.165, 1.54) is 0 Å². The van der Waals surface area contributed by atoms with Crippen LogP contribution < -0.4 is 0 Å². The van der Waals surface area contributed by atoms with Gasteiger partial charge in [-0.05, 0) is 12.1 Å². The van der Waals surface area contributed by atoms with Crippen molar-refractivity contribution < 1.29 is 0 Å². The summed E-state index contributed by atoms with van der Waals surface area (Å²) in [5.74, 6) is 0. The fraction of sp³-hybridized carbons (Fsp3) is 0. The first-order valence-electron chi connectivity index (χ1n) is 3.26. The molecule has 0 aliphatic rings. The zero-order chi connectivity index (χ0) is 8.55. The van der Waals surface area contributed by atoms with Crippen molar-refractivity contribution in [3.05, 3.63) is 29.0 Å². The molecule has 0 aliphatic carbocycles. The molecule has 57 valence electrons. The SMILES string of the molecule is N#Cc1cc2n[c][nH]c2cc1Cl. The molecule has 2 rings (SSSR count). The van der Waals surface area contributed by atoms with Crippen molar-refractivity contribution in [2.75, 3.05) is 0 Å². The normalized spacial score (nSPS) is 10.0. The number of hydrogen-bond acceptors (Lipinski definition) is 2. The molecule has 3 nitrogen and oxygen atoms in total. The van der Waals surface area contributed by atoms with Crippen molar-refractivity contribution in [1.82, 2.24) is 9.97 Å². The van der Waals surface area contributed by atoms with E-state index in [9.17, 15) is 0 Å². The monoisotopic (exact) mass is 176 g/mol. The molecular weight excluding hydrogens is 174 g/mol. The van der Waals surface area contributed by atoms with E-state index in [2.05, 4.69) is 16.3 Å². The molecule has 12 heavy (non-hydrogen) atoms. The summed E-state index contributed by atoms with van der Waals surface area (Å²) < 4.78 is 0. The first kappa shape index (κ1) is 7.14. The lowest BCUT2D eigenvalue weighted by Gasteiger charge is -1.92. The molecule has 1 radical (unpaired) electrons. The number of fused-ring (bicyclic) bond motifs is 1. The topological polar surface area (TPSA) is 52.5 Å². The van der Waals surface area contributed by atoms with Crippen LogP contribution in [0.5, 0.6) is 0 Å². The van der Waals surface area contributed by atoms with E-state index in [0.29, 0.717) is 16.1 Å². The number of benzene rings is 1. The van der Waals surface area contributed by atoms with Crippen molar-refractivity contribution in [3.63, 3.8) is 0 Å². The summed E-state index contributed by atoms with van der Waals surface area (Å²) >= 11 is 5.78. The summed E-state index contributed by atoms with van der Waals surface area (Å²) in [4.78, 5) is 6.66. The Morgan fingerprint density at radius 2 is 2.42 bits per heavy atom. The maximum atomic E-state index is 8.63. The van der Waals surface area contributed by atoms with Gasteiger partial charge in [-0.2, -0.15) is 5.26 Å². The second-order valence-corrected chi connectivity index (χ2v) is 2.72. The first-order chi connectivity index (χ1) is 5.81. The van der Waals surface area contributed by atoms with Gasteiger partial charge < -0.3 is 4.98 Å². The molecule has 0 unspecified atom stereocenters. The molecule has 1 aromatic carbocycles. The van der Waals surface area contributed by atoms with E-state index >= 15 is 0 Å². The molecule has 0 fully saturated rings. The number of nitriles is 1. The molecule has 1 N–H and O–H groups in total. The predicted octanol–water partition coefficient (Wildman–Crippen LogP) is 1.89. The first-order valence-corrected chi connectivity index (χ1v) is 3.64. The Balaban J connectivity index is 2.84. The Morgan fingerprint density at radius 1 is 1.58 bits per heavy atom. The van der Waals surface area contributed by atoms with Crippen LogP contribution in [0.15, 0.2) is 12.1 Å². The Morgan fingerprint density at radius 3 is 3.17 bits per heavy atom. The largest absolute Gasteiger partial charge is 0.335 e. The lowest BCUT2D eigenvalue weighted by Crippen LogP contribution is -1.77. The molecule has 1 aromatic heterocycles. The third kappa shape index (κ3) is 0.936. The number of aromatic amines is 1. The van der Waals surface area contributed by atoms with Crippen LogP contribution in [0.3, 0.4) is 0 Å². The minimum atomic E-state index is 0.433. The summed E-state index contributed by atoms with van der Waals surface area (Å²) in [7, 11) is 0. The maximum Gasteiger partial charge on any atom is 0.174 e. The standard InChI is InChI=1S/C8H3ClN3/c9-6-2-8-7(11-4-12-8)1-5(6)3-10/h1-2H,(H,11,12). The predicted molar refractivity (Wildman–Crippen MR) is 44.7 cm³/mol. The fourth-order valence-corrected chi connectivity index (χ4v) is 1.19. The molecule has 2 aromatic rings. The van der Waals surface area contributed by atoms with E-state index in [0.717, 1.165) is 5.52 Å². The molecular formula is C8H3ClN3. The number of halogens is 1. The molecule has 0 saturated carbocycles. The van der Waals surface area contributed by atoms with Gasteiger partial charge in [0.2, 0.25) is 0 Å². The molecule has 4 heteroatoms. The van der Waals surface area contributed by atoms with Gasteiger partial charge in [0.1, 0.15) is 6.07 Å². The van der Waals surface area contributed by atoms with Gasteiger partial charge in [-0.25, -0.2) is 4.98 Å². The summed E-state index contributed by atoms with van der Waals surface area (Å²) in [5.41, 5.74) is 1.93. The highest BCUT2D eigenvalue weighted by Crippen LogP contribution is 2.20. The van der Waals surface area contributed by atoms with Gasteiger partial charge in [-0.1, -0.05) is 11.6 Å². The second-order valence-electron chi connectivity index (χ2n) is 2.31. The summed E-state index contributed by atoms with van der Waals surface area (Å²) in [6, 6.07) is 5.27. The van der Waals surface area contributed by atoms with Gasteiger partial charge in [-0.3, -0.25) is 0 Å². The van der Waals surface area contributed by atoms with Crippen LogP contribution in [0.4, 0.5) is 0 Å². The zero-order valence-corrected chi connectivity index (χ0v) is 6.68. The van der Waals surface area contributed by atoms with E-state index in [-0.39, 0.29) is 0 Å². The quantitative estimate of drug-likeness (QED) is 0.667. The molecule has 0 amide bonds. The van der Waals surface area contributed by atoms with Crippen molar-refractivity contribution in [1.29, 1.82) is 5.26 Å². The highest BCUT2D eigenvalue weighted by atomic mass is 35.5. The fourth-order valence-electron chi connectivity index (χ4n) is 0.989. The van der Waals surface area contributed by atoms with Crippen molar-refractivity contribution >= 4 is 22.6 Å². The Hall–Kier alpha value is -1.53. The highest BCUT2D eigenvalue weighted by Gasteiger charge is 2.03. The number of nitrogens with zero attached hydrogens (tertiary/aromatic N) is 2. The van der Waals surface area contributed by atoms with Gasteiger partial charge in [0.15, 0.2) is 6.33 Å². The lowest BCUT2D eigenvalue weighted by atomic mass is 10.2. The molecule has 0 aliphatic heterocycles. The number of H-pyrrole nitrogens is 1. The smallest absolute Gasteiger partial charge is 0.174 e. The average molecular weight is 177 g/mol. The number of hydrogen-bond donors (Lipinski definition) is 1. The Bertz CT molecular complexity index is 467. The number of aromatic nitrogens is 2. The van der Waals surface area contributed by atoms with Gasteiger partial charge >= 0.3 is 0 Å². The van der Waals surface area contributed by atoms with E-state index in [4.69, 9.17) is 16.9 Å². The van der Waals surface area contributed by atoms with Gasteiger partial charge in [0.25, 0.3) is 0 Å². The van der Waals surface area contributed by atoms with E-state index in [1.54, 1.807) is 12.1 Å². The molecule has 0 bridgehead atoms. The Kier molecular flexibility index (Phi) is 1.49. The summed E-state index contributed by atoms with van der Waals surface area (Å²) in [6.07, 6.45) is 2.57. The van der Waals surface area contributed by atoms with Crippen LogP contribution >= 0.6 is 11.6 Å². The van der Waals surface area contributed by atoms with Crippen LogP contribution in [0.1, 0.15) is 5.56 Å². The average Bonchev–Trinajstić information content (AvgIpc) is 2.49. The lowest BCUT2D eigenvalue weighted by molar-refractivity contribution is 1.32. The third-order valence-electron chi connectivity index (χ3n) is 1.57. The number of nitrogens with one attached hydrogen (secondary N) is 1. The minimum Gasteiger partial charge on any atom is -0.335 e. The molecule has 1 heterocycles. The van der Waals surface area contributed by atoms with E-state index in [1.807, 2.05) is 6.07 Å². The second kappa shape index (κ2) is 2.50. The molecule has 0 atom stereocenters.